The quantitative estimate of drug-likeness (QED) is 0.742. The number of halogens is 3. The first-order valence-electron chi connectivity index (χ1n) is 5.94. The molecule has 0 unspecified atom stereocenters. The lowest BCUT2D eigenvalue weighted by atomic mass is 10.1. The second-order valence-corrected chi connectivity index (χ2v) is 6.62. The van der Waals surface area contributed by atoms with E-state index in [1.807, 2.05) is 0 Å². The number of nitrogens with zero attached hydrogens (tertiary/aromatic N) is 1. The van der Waals surface area contributed by atoms with Gasteiger partial charge in [0, 0.05) is 30.9 Å². The number of likely N-dealkylation sites (N-methyl/N-ethyl adjacent to an activating group) is 1. The smallest absolute Gasteiger partial charge is 0.264 e. The molecule has 0 atom stereocenters. The number of carbonyl (C=O) groups excluding carboxylic acids is 1. The van der Waals surface area contributed by atoms with Crippen LogP contribution < -0.4 is 0 Å². The molecule has 0 saturated heterocycles. The highest BCUT2D eigenvalue weighted by atomic mass is 35.7. The zero-order chi connectivity index (χ0) is 16.2. The molecule has 0 aliphatic rings. The molecule has 21 heavy (non-hydrogen) atoms. The SMILES string of the molecule is CCN(CCOC)C(=O)c1cc(F)cc(S(=O)(=O)Cl)c1F. The van der Waals surface area contributed by atoms with Gasteiger partial charge in [-0.2, -0.15) is 0 Å². The van der Waals surface area contributed by atoms with Gasteiger partial charge in [0.2, 0.25) is 0 Å². The van der Waals surface area contributed by atoms with Crippen molar-refractivity contribution in [2.24, 2.45) is 0 Å². The van der Waals surface area contributed by atoms with Gasteiger partial charge < -0.3 is 9.64 Å². The first-order chi connectivity index (χ1) is 9.72. The standard InChI is InChI=1S/C12H14ClF2NO4S/c1-3-16(4-5-20-2)12(17)9-6-8(14)7-10(11(9)15)21(13,18)19/h6-7H,3-5H2,1-2H3. The molecular weight excluding hydrogens is 328 g/mol. The van der Waals surface area contributed by atoms with Gasteiger partial charge in [0.1, 0.15) is 10.7 Å². The molecule has 0 bridgehead atoms. The van der Waals surface area contributed by atoms with Crippen molar-refractivity contribution >= 4 is 25.6 Å². The van der Waals surface area contributed by atoms with Crippen molar-refractivity contribution in [1.82, 2.24) is 4.90 Å². The Morgan fingerprint density at radius 2 is 2.00 bits per heavy atom. The predicted molar refractivity (Wildman–Crippen MR) is 72.9 cm³/mol. The summed E-state index contributed by atoms with van der Waals surface area (Å²) in [6.07, 6.45) is 0. The molecule has 0 radical (unpaired) electrons. The Morgan fingerprint density at radius 3 is 2.48 bits per heavy atom. The third-order valence-electron chi connectivity index (χ3n) is 2.73. The Labute approximate surface area is 125 Å². The monoisotopic (exact) mass is 341 g/mol. The maximum absolute atomic E-state index is 14.1. The minimum Gasteiger partial charge on any atom is -0.383 e. The molecule has 0 aliphatic heterocycles. The summed E-state index contributed by atoms with van der Waals surface area (Å²) in [5, 5.41) is 0. The topological polar surface area (TPSA) is 63.7 Å². The third kappa shape index (κ3) is 4.36. The lowest BCUT2D eigenvalue weighted by molar-refractivity contribution is 0.0700. The minimum absolute atomic E-state index is 0.157. The van der Waals surface area contributed by atoms with E-state index in [1.165, 1.54) is 12.0 Å². The number of ether oxygens (including phenoxy) is 1. The number of carbonyl (C=O) groups is 1. The zero-order valence-electron chi connectivity index (χ0n) is 11.4. The number of benzene rings is 1. The highest BCUT2D eigenvalue weighted by Gasteiger charge is 2.26. The highest BCUT2D eigenvalue weighted by molar-refractivity contribution is 8.13. The van der Waals surface area contributed by atoms with Crippen molar-refractivity contribution in [3.05, 3.63) is 29.3 Å². The Kier molecular flexibility index (Phi) is 6.06. The number of amides is 1. The van der Waals surface area contributed by atoms with E-state index >= 15 is 0 Å². The van der Waals surface area contributed by atoms with Gasteiger partial charge in [0.25, 0.3) is 15.0 Å². The van der Waals surface area contributed by atoms with E-state index < -0.39 is 37.1 Å². The summed E-state index contributed by atoms with van der Waals surface area (Å²) < 4.78 is 54.8. The van der Waals surface area contributed by atoms with E-state index in [-0.39, 0.29) is 19.7 Å². The fourth-order valence-electron chi connectivity index (χ4n) is 1.67. The van der Waals surface area contributed by atoms with Crippen LogP contribution >= 0.6 is 10.7 Å². The van der Waals surface area contributed by atoms with Gasteiger partial charge in [0.05, 0.1) is 12.2 Å². The van der Waals surface area contributed by atoms with Crippen LogP contribution in [0.4, 0.5) is 8.78 Å². The van der Waals surface area contributed by atoms with Crippen molar-refractivity contribution in [2.75, 3.05) is 26.8 Å². The first kappa shape index (κ1) is 17.8. The third-order valence-corrected chi connectivity index (χ3v) is 4.05. The molecule has 1 aromatic carbocycles. The molecule has 118 valence electrons. The van der Waals surface area contributed by atoms with E-state index in [2.05, 4.69) is 0 Å². The Bertz CT molecular complexity index is 636. The molecule has 0 fully saturated rings. The molecule has 0 spiro atoms. The highest BCUT2D eigenvalue weighted by Crippen LogP contribution is 2.24. The number of methoxy groups -OCH3 is 1. The van der Waals surface area contributed by atoms with Crippen LogP contribution in [0.3, 0.4) is 0 Å². The first-order valence-corrected chi connectivity index (χ1v) is 8.25. The van der Waals surface area contributed by atoms with Crippen LogP contribution in [-0.4, -0.2) is 46.0 Å². The predicted octanol–water partition coefficient (Wildman–Crippen LogP) is 2.00. The zero-order valence-corrected chi connectivity index (χ0v) is 13.0. The largest absolute Gasteiger partial charge is 0.383 e. The number of hydrogen-bond donors (Lipinski definition) is 0. The van der Waals surface area contributed by atoms with Crippen LogP contribution in [0.25, 0.3) is 0 Å². The van der Waals surface area contributed by atoms with E-state index in [4.69, 9.17) is 15.4 Å². The average molecular weight is 342 g/mol. The van der Waals surface area contributed by atoms with Crippen molar-refractivity contribution in [3.8, 4) is 0 Å². The van der Waals surface area contributed by atoms with E-state index in [1.54, 1.807) is 6.92 Å². The number of hydrogen-bond acceptors (Lipinski definition) is 4. The summed E-state index contributed by atoms with van der Waals surface area (Å²) in [5.74, 6) is -3.28. The van der Waals surface area contributed by atoms with Gasteiger partial charge in [-0.15, -0.1) is 0 Å². The summed E-state index contributed by atoms with van der Waals surface area (Å²) in [4.78, 5) is 12.3. The minimum atomic E-state index is -4.50. The second-order valence-electron chi connectivity index (χ2n) is 4.08. The van der Waals surface area contributed by atoms with Gasteiger partial charge in [-0.1, -0.05) is 0 Å². The van der Waals surface area contributed by atoms with Gasteiger partial charge >= 0.3 is 0 Å². The molecule has 5 nitrogen and oxygen atoms in total. The summed E-state index contributed by atoms with van der Waals surface area (Å²) in [7, 11) is 1.96. The van der Waals surface area contributed by atoms with Crippen LogP contribution in [0, 0.1) is 11.6 Å². The lowest BCUT2D eigenvalue weighted by Crippen LogP contribution is -2.34. The summed E-state index contributed by atoms with van der Waals surface area (Å²) >= 11 is 0. The van der Waals surface area contributed by atoms with Crippen molar-refractivity contribution in [1.29, 1.82) is 0 Å². The molecular formula is C12H14ClF2NO4S. The van der Waals surface area contributed by atoms with Crippen molar-refractivity contribution in [2.45, 2.75) is 11.8 Å². The van der Waals surface area contributed by atoms with Crippen LogP contribution in [0.15, 0.2) is 17.0 Å². The number of rotatable bonds is 6. The maximum atomic E-state index is 14.1. The van der Waals surface area contributed by atoms with E-state index in [0.29, 0.717) is 12.1 Å². The van der Waals surface area contributed by atoms with E-state index in [0.717, 1.165) is 0 Å². The van der Waals surface area contributed by atoms with E-state index in [9.17, 15) is 22.0 Å². The fraction of sp³-hybridized carbons (Fsp3) is 0.417. The normalized spacial score (nSPS) is 11.5. The molecule has 1 aromatic rings. The second kappa shape index (κ2) is 7.15. The summed E-state index contributed by atoms with van der Waals surface area (Å²) in [6, 6.07) is 1.07. The summed E-state index contributed by atoms with van der Waals surface area (Å²) in [6.45, 7) is 2.23. The molecule has 1 rings (SSSR count). The van der Waals surface area contributed by atoms with Crippen molar-refractivity contribution < 1.29 is 26.7 Å². The molecule has 0 saturated carbocycles. The van der Waals surface area contributed by atoms with Crippen LogP contribution in [0.1, 0.15) is 17.3 Å². The molecule has 0 aromatic heterocycles. The van der Waals surface area contributed by atoms with Gasteiger partial charge in [0.15, 0.2) is 5.82 Å². The Morgan fingerprint density at radius 1 is 1.38 bits per heavy atom. The van der Waals surface area contributed by atoms with Gasteiger partial charge in [-0.25, -0.2) is 17.2 Å². The average Bonchev–Trinajstić information content (AvgIpc) is 2.40. The molecule has 1 amide bonds. The molecule has 0 aliphatic carbocycles. The van der Waals surface area contributed by atoms with Crippen molar-refractivity contribution in [3.63, 3.8) is 0 Å². The Hall–Kier alpha value is -1.25. The summed E-state index contributed by atoms with van der Waals surface area (Å²) in [5.41, 5.74) is -0.688. The lowest BCUT2D eigenvalue weighted by Gasteiger charge is -2.21. The van der Waals surface area contributed by atoms with Crippen LogP contribution in [0.5, 0.6) is 0 Å². The Balaban J connectivity index is 3.30. The van der Waals surface area contributed by atoms with Gasteiger partial charge in [-0.3, -0.25) is 4.79 Å². The fourth-order valence-corrected chi connectivity index (χ4v) is 2.59. The maximum Gasteiger partial charge on any atom is 0.264 e. The molecule has 9 heteroatoms. The van der Waals surface area contributed by atoms with Crippen LogP contribution in [0.2, 0.25) is 0 Å². The molecule has 0 heterocycles. The molecule has 0 N–H and O–H groups in total. The van der Waals surface area contributed by atoms with Crippen LogP contribution in [-0.2, 0) is 13.8 Å². The van der Waals surface area contributed by atoms with Gasteiger partial charge in [-0.05, 0) is 19.1 Å².